The lowest BCUT2D eigenvalue weighted by molar-refractivity contribution is -0.0458. The van der Waals surface area contributed by atoms with E-state index in [9.17, 15) is 15.3 Å². The minimum atomic E-state index is -1.15. The summed E-state index contributed by atoms with van der Waals surface area (Å²) in [4.78, 5) is 0. The summed E-state index contributed by atoms with van der Waals surface area (Å²) in [7, 11) is 0. The Hall–Kier alpha value is -0.420. The molecule has 0 aromatic heterocycles. The zero-order valence-corrected chi connectivity index (χ0v) is 8.94. The van der Waals surface area contributed by atoms with Crippen LogP contribution in [0.4, 0.5) is 0 Å². The van der Waals surface area contributed by atoms with Crippen molar-refractivity contribution in [2.75, 3.05) is 6.61 Å². The Morgan fingerprint density at radius 1 is 1.36 bits per heavy atom. The number of hydrogen-bond acceptors (Lipinski definition) is 4. The van der Waals surface area contributed by atoms with Crippen molar-refractivity contribution in [3.63, 3.8) is 0 Å². The molecule has 0 saturated heterocycles. The maximum absolute atomic E-state index is 9.45. The second kappa shape index (κ2) is 5.46. The van der Waals surface area contributed by atoms with E-state index in [0.29, 0.717) is 5.57 Å². The van der Waals surface area contributed by atoms with Crippen LogP contribution in [0.15, 0.2) is 11.6 Å². The van der Waals surface area contributed by atoms with Gasteiger partial charge in [0.1, 0.15) is 0 Å². The fourth-order valence-electron chi connectivity index (χ4n) is 0.866. The van der Waals surface area contributed by atoms with Crippen LogP contribution in [0, 0.1) is 0 Å². The highest BCUT2D eigenvalue weighted by molar-refractivity contribution is 5.05. The highest BCUT2D eigenvalue weighted by Gasteiger charge is 2.23. The fraction of sp³-hybridized carbons (Fsp3) is 0.800. The van der Waals surface area contributed by atoms with Crippen LogP contribution in [0.2, 0.25) is 0 Å². The van der Waals surface area contributed by atoms with Gasteiger partial charge in [-0.15, -0.1) is 0 Å². The molecule has 4 N–H and O–H groups in total. The first-order valence-electron chi connectivity index (χ1n) is 4.65. The van der Waals surface area contributed by atoms with Crippen LogP contribution in [0.25, 0.3) is 0 Å². The van der Waals surface area contributed by atoms with Crippen molar-refractivity contribution in [1.82, 2.24) is 0 Å². The molecule has 0 heterocycles. The molecular formula is C10H20O4. The van der Waals surface area contributed by atoms with Gasteiger partial charge in [0.15, 0.2) is 0 Å². The lowest BCUT2D eigenvalue weighted by atomic mass is 9.97. The molecule has 0 saturated carbocycles. The minimum Gasteiger partial charge on any atom is -0.393 e. The number of rotatable bonds is 5. The zero-order valence-electron chi connectivity index (χ0n) is 8.94. The molecule has 0 aromatic rings. The van der Waals surface area contributed by atoms with Gasteiger partial charge >= 0.3 is 0 Å². The molecule has 84 valence electrons. The van der Waals surface area contributed by atoms with Crippen LogP contribution < -0.4 is 0 Å². The SMILES string of the molecule is C/C(=C\C[C@@H](O)C(C)(C)O)[C@H](O)CO. The molecule has 0 aliphatic heterocycles. The van der Waals surface area contributed by atoms with Crippen molar-refractivity contribution in [1.29, 1.82) is 0 Å². The third-order valence-electron chi connectivity index (χ3n) is 2.18. The Balaban J connectivity index is 4.16. The van der Waals surface area contributed by atoms with Gasteiger partial charge in [0.2, 0.25) is 0 Å². The molecule has 0 aromatic carbocycles. The summed E-state index contributed by atoms with van der Waals surface area (Å²) >= 11 is 0. The van der Waals surface area contributed by atoms with Crippen molar-refractivity contribution in [3.8, 4) is 0 Å². The van der Waals surface area contributed by atoms with Crippen LogP contribution in [0.3, 0.4) is 0 Å². The van der Waals surface area contributed by atoms with Crippen LogP contribution >= 0.6 is 0 Å². The molecule has 0 amide bonds. The molecule has 0 fully saturated rings. The summed E-state index contributed by atoms with van der Waals surface area (Å²) < 4.78 is 0. The van der Waals surface area contributed by atoms with E-state index in [1.165, 1.54) is 13.8 Å². The van der Waals surface area contributed by atoms with E-state index >= 15 is 0 Å². The molecule has 0 rings (SSSR count). The lowest BCUT2D eigenvalue weighted by Gasteiger charge is -2.23. The number of hydrogen-bond donors (Lipinski definition) is 4. The Kier molecular flexibility index (Phi) is 5.29. The molecule has 4 nitrogen and oxygen atoms in total. The minimum absolute atomic E-state index is 0.256. The predicted molar refractivity (Wildman–Crippen MR) is 53.8 cm³/mol. The zero-order chi connectivity index (χ0) is 11.4. The van der Waals surface area contributed by atoms with E-state index in [2.05, 4.69) is 0 Å². The van der Waals surface area contributed by atoms with Crippen molar-refractivity contribution in [2.45, 2.75) is 45.0 Å². The standard InChI is InChI=1S/C10H20O4/c1-7(8(12)6-11)4-5-9(13)10(2,3)14/h4,8-9,11-14H,5-6H2,1-3H3/b7-4+/t8-,9-/m1/s1. The Labute approximate surface area is 84.5 Å². The largest absolute Gasteiger partial charge is 0.393 e. The highest BCUT2D eigenvalue weighted by Crippen LogP contribution is 2.14. The Morgan fingerprint density at radius 3 is 2.21 bits per heavy atom. The fourth-order valence-corrected chi connectivity index (χ4v) is 0.866. The second-order valence-electron chi connectivity index (χ2n) is 4.05. The van der Waals surface area contributed by atoms with E-state index in [1.807, 2.05) is 0 Å². The Morgan fingerprint density at radius 2 is 1.86 bits per heavy atom. The van der Waals surface area contributed by atoms with Crippen LogP contribution in [-0.4, -0.2) is 44.8 Å². The van der Waals surface area contributed by atoms with Crippen molar-refractivity contribution in [2.24, 2.45) is 0 Å². The predicted octanol–water partition coefficient (Wildman–Crippen LogP) is -0.192. The van der Waals surface area contributed by atoms with E-state index < -0.39 is 17.8 Å². The van der Waals surface area contributed by atoms with Gasteiger partial charge in [0.25, 0.3) is 0 Å². The quantitative estimate of drug-likeness (QED) is 0.468. The topological polar surface area (TPSA) is 80.9 Å². The van der Waals surface area contributed by atoms with Gasteiger partial charge in [-0.2, -0.15) is 0 Å². The van der Waals surface area contributed by atoms with Gasteiger partial charge in [0, 0.05) is 0 Å². The lowest BCUT2D eigenvalue weighted by Crippen LogP contribution is -2.35. The van der Waals surface area contributed by atoms with Gasteiger partial charge in [0.05, 0.1) is 24.4 Å². The Bertz CT molecular complexity index is 193. The maximum Gasteiger partial charge on any atom is 0.0978 e. The normalized spacial score (nSPS) is 18.1. The summed E-state index contributed by atoms with van der Waals surface area (Å²) in [6.07, 6.45) is 0.114. The molecule has 0 unspecified atom stereocenters. The summed E-state index contributed by atoms with van der Waals surface area (Å²) in [6.45, 7) is 4.37. The third kappa shape index (κ3) is 4.72. The van der Waals surface area contributed by atoms with Crippen molar-refractivity contribution >= 4 is 0 Å². The van der Waals surface area contributed by atoms with Gasteiger partial charge in [-0.3, -0.25) is 0 Å². The van der Waals surface area contributed by atoms with Crippen LogP contribution in [0.5, 0.6) is 0 Å². The molecule has 0 bridgehead atoms. The maximum atomic E-state index is 9.45. The van der Waals surface area contributed by atoms with Gasteiger partial charge < -0.3 is 20.4 Å². The smallest absolute Gasteiger partial charge is 0.0978 e. The number of aliphatic hydroxyl groups is 4. The first-order valence-corrected chi connectivity index (χ1v) is 4.65. The van der Waals surface area contributed by atoms with Gasteiger partial charge in [-0.05, 0) is 32.8 Å². The van der Waals surface area contributed by atoms with Gasteiger partial charge in [-0.25, -0.2) is 0 Å². The summed E-state index contributed by atoms with van der Waals surface area (Å²) in [5.74, 6) is 0. The molecule has 0 aliphatic carbocycles. The molecule has 2 atom stereocenters. The third-order valence-corrected chi connectivity index (χ3v) is 2.18. The average Bonchev–Trinajstić information content (AvgIpc) is 2.10. The molecule has 14 heavy (non-hydrogen) atoms. The van der Waals surface area contributed by atoms with E-state index in [1.54, 1.807) is 13.0 Å². The highest BCUT2D eigenvalue weighted by atomic mass is 16.3. The van der Waals surface area contributed by atoms with E-state index in [-0.39, 0.29) is 13.0 Å². The monoisotopic (exact) mass is 204 g/mol. The second-order valence-corrected chi connectivity index (χ2v) is 4.05. The van der Waals surface area contributed by atoms with E-state index in [0.717, 1.165) is 0 Å². The van der Waals surface area contributed by atoms with E-state index in [4.69, 9.17) is 5.11 Å². The molecule has 0 spiro atoms. The van der Waals surface area contributed by atoms with Crippen LogP contribution in [-0.2, 0) is 0 Å². The summed E-state index contributed by atoms with van der Waals surface area (Å²) in [6, 6.07) is 0. The first-order chi connectivity index (χ1) is 6.29. The summed E-state index contributed by atoms with van der Waals surface area (Å²) in [5, 5.41) is 36.7. The molecule has 0 aliphatic rings. The van der Waals surface area contributed by atoms with Crippen LogP contribution in [0.1, 0.15) is 27.2 Å². The summed E-state index contributed by atoms with van der Waals surface area (Å²) in [5.41, 5.74) is -0.559. The molecule has 4 heteroatoms. The molecule has 0 radical (unpaired) electrons. The number of aliphatic hydroxyl groups excluding tert-OH is 3. The van der Waals surface area contributed by atoms with Gasteiger partial charge in [-0.1, -0.05) is 6.08 Å². The van der Waals surface area contributed by atoms with Crippen molar-refractivity contribution < 1.29 is 20.4 Å². The average molecular weight is 204 g/mol. The van der Waals surface area contributed by atoms with Crippen molar-refractivity contribution in [3.05, 3.63) is 11.6 Å². The molecular weight excluding hydrogens is 184 g/mol. The first kappa shape index (κ1) is 13.6.